The number of nitrogens with zero attached hydrogens (tertiary/aromatic N) is 1. The van der Waals surface area contributed by atoms with E-state index in [1.807, 2.05) is 31.3 Å². The topological polar surface area (TPSA) is 52.9 Å². The van der Waals surface area contributed by atoms with Gasteiger partial charge < -0.3 is 19.8 Å². The summed E-state index contributed by atoms with van der Waals surface area (Å²) >= 11 is 0. The number of likely N-dealkylation sites (N-methyl/N-ethyl adjacent to an activating group) is 1. The Bertz CT molecular complexity index is 357. The highest BCUT2D eigenvalue weighted by molar-refractivity contribution is 5.29. The minimum Gasteiger partial charge on any atom is -0.497 e. The molecule has 0 bridgehead atoms. The van der Waals surface area contributed by atoms with Gasteiger partial charge in [0.15, 0.2) is 0 Å². The lowest BCUT2D eigenvalue weighted by Crippen LogP contribution is -2.25. The molecule has 19 heavy (non-hydrogen) atoms. The number of ether oxygens (including phenoxy) is 1. The molecule has 0 radical (unpaired) electrons. The third-order valence-electron chi connectivity index (χ3n) is 3.16. The maximum Gasteiger partial charge on any atom is 0.119 e. The van der Waals surface area contributed by atoms with Crippen molar-refractivity contribution in [3.05, 3.63) is 29.8 Å². The molecule has 1 aromatic rings. The monoisotopic (exact) mass is 267 g/mol. The molecule has 2 N–H and O–H groups in total. The van der Waals surface area contributed by atoms with Gasteiger partial charge in [-0.1, -0.05) is 12.1 Å². The third kappa shape index (κ3) is 6.05. The number of unbranched alkanes of at least 4 members (excludes halogenated alkanes) is 2. The molecule has 0 spiro atoms. The Morgan fingerprint density at radius 3 is 2.74 bits per heavy atom. The standard InChI is InChI=1S/C15H25NO3/c1-16(9-4-3-5-10-17)12-15(18)13-7-6-8-14(11-13)19-2/h6-8,11,15,17-18H,3-5,9-10,12H2,1-2H3. The molecular weight excluding hydrogens is 242 g/mol. The summed E-state index contributed by atoms with van der Waals surface area (Å²) in [7, 11) is 3.63. The third-order valence-corrected chi connectivity index (χ3v) is 3.16. The van der Waals surface area contributed by atoms with Crippen LogP contribution in [0.2, 0.25) is 0 Å². The van der Waals surface area contributed by atoms with Crippen LogP contribution >= 0.6 is 0 Å². The number of hydrogen-bond acceptors (Lipinski definition) is 4. The van der Waals surface area contributed by atoms with Gasteiger partial charge in [0.1, 0.15) is 5.75 Å². The Morgan fingerprint density at radius 2 is 2.05 bits per heavy atom. The summed E-state index contributed by atoms with van der Waals surface area (Å²) in [5.41, 5.74) is 0.876. The van der Waals surface area contributed by atoms with Crippen LogP contribution in [0.1, 0.15) is 30.9 Å². The molecule has 1 atom stereocenters. The van der Waals surface area contributed by atoms with Gasteiger partial charge in [-0.2, -0.15) is 0 Å². The Kier molecular flexibility index (Phi) is 7.48. The van der Waals surface area contributed by atoms with Crippen LogP contribution in [0.4, 0.5) is 0 Å². The molecule has 0 saturated heterocycles. The molecule has 0 aliphatic rings. The highest BCUT2D eigenvalue weighted by Crippen LogP contribution is 2.19. The fourth-order valence-electron chi connectivity index (χ4n) is 2.01. The van der Waals surface area contributed by atoms with Gasteiger partial charge >= 0.3 is 0 Å². The summed E-state index contributed by atoms with van der Waals surface area (Å²) in [5, 5.41) is 18.9. The zero-order valence-electron chi connectivity index (χ0n) is 11.9. The van der Waals surface area contributed by atoms with Crippen LogP contribution in [-0.4, -0.2) is 49.0 Å². The highest BCUT2D eigenvalue weighted by Gasteiger charge is 2.11. The number of hydrogen-bond donors (Lipinski definition) is 2. The Hall–Kier alpha value is -1.10. The van der Waals surface area contributed by atoms with Crippen LogP contribution in [0.3, 0.4) is 0 Å². The largest absolute Gasteiger partial charge is 0.497 e. The SMILES string of the molecule is COc1cccc(C(O)CN(C)CCCCCO)c1. The van der Waals surface area contributed by atoms with E-state index < -0.39 is 6.10 Å². The molecule has 0 aliphatic carbocycles. The van der Waals surface area contributed by atoms with Crippen molar-refractivity contribution < 1.29 is 14.9 Å². The van der Waals surface area contributed by atoms with Gasteiger partial charge in [0.05, 0.1) is 13.2 Å². The second kappa shape index (κ2) is 8.91. The summed E-state index contributed by atoms with van der Waals surface area (Å²) in [6.45, 7) is 1.80. The molecule has 0 aromatic heterocycles. The minimum atomic E-state index is -0.502. The maximum absolute atomic E-state index is 10.2. The molecule has 0 saturated carbocycles. The van der Waals surface area contributed by atoms with Crippen LogP contribution in [0.25, 0.3) is 0 Å². The predicted octanol–water partition coefficient (Wildman–Crippen LogP) is 1.82. The first-order valence-corrected chi connectivity index (χ1v) is 6.78. The lowest BCUT2D eigenvalue weighted by Gasteiger charge is -2.21. The molecule has 0 fully saturated rings. The number of aliphatic hydroxyl groups is 2. The molecule has 0 aliphatic heterocycles. The zero-order chi connectivity index (χ0) is 14.1. The predicted molar refractivity (Wildman–Crippen MR) is 76.4 cm³/mol. The summed E-state index contributed by atoms with van der Waals surface area (Å²) in [4.78, 5) is 2.11. The molecule has 108 valence electrons. The van der Waals surface area contributed by atoms with Crippen molar-refractivity contribution in [3.63, 3.8) is 0 Å². The molecule has 1 aromatic carbocycles. The Morgan fingerprint density at radius 1 is 1.26 bits per heavy atom. The molecule has 4 nitrogen and oxygen atoms in total. The van der Waals surface area contributed by atoms with Crippen molar-refractivity contribution in [1.82, 2.24) is 4.90 Å². The van der Waals surface area contributed by atoms with E-state index in [4.69, 9.17) is 9.84 Å². The molecule has 1 unspecified atom stereocenters. The van der Waals surface area contributed by atoms with Crippen molar-refractivity contribution in [2.45, 2.75) is 25.4 Å². The Labute approximate surface area is 115 Å². The van der Waals surface area contributed by atoms with E-state index in [9.17, 15) is 5.11 Å². The van der Waals surface area contributed by atoms with E-state index in [2.05, 4.69) is 4.90 Å². The van der Waals surface area contributed by atoms with Crippen molar-refractivity contribution in [2.75, 3.05) is 33.9 Å². The number of benzene rings is 1. The van der Waals surface area contributed by atoms with Gasteiger partial charge in [-0.05, 0) is 50.6 Å². The van der Waals surface area contributed by atoms with Crippen LogP contribution in [0, 0.1) is 0 Å². The molecule has 4 heteroatoms. The van der Waals surface area contributed by atoms with Crippen molar-refractivity contribution in [2.24, 2.45) is 0 Å². The number of rotatable bonds is 9. The lowest BCUT2D eigenvalue weighted by molar-refractivity contribution is 0.125. The Balaban J connectivity index is 2.38. The number of aliphatic hydroxyl groups excluding tert-OH is 2. The molecular formula is C15H25NO3. The second-order valence-electron chi connectivity index (χ2n) is 4.84. The first-order chi connectivity index (χ1) is 9.17. The lowest BCUT2D eigenvalue weighted by atomic mass is 10.1. The fourth-order valence-corrected chi connectivity index (χ4v) is 2.01. The van der Waals surface area contributed by atoms with Gasteiger partial charge in [0, 0.05) is 13.2 Å². The average Bonchev–Trinajstić information content (AvgIpc) is 2.43. The second-order valence-corrected chi connectivity index (χ2v) is 4.84. The summed E-state index contributed by atoms with van der Waals surface area (Å²) in [6, 6.07) is 7.53. The van der Waals surface area contributed by atoms with Gasteiger partial charge in [0.25, 0.3) is 0 Å². The van der Waals surface area contributed by atoms with Crippen molar-refractivity contribution in [1.29, 1.82) is 0 Å². The van der Waals surface area contributed by atoms with Crippen LogP contribution in [0.5, 0.6) is 5.75 Å². The van der Waals surface area contributed by atoms with Crippen LogP contribution < -0.4 is 4.74 Å². The summed E-state index contributed by atoms with van der Waals surface area (Å²) in [5.74, 6) is 0.766. The number of methoxy groups -OCH3 is 1. The van der Waals surface area contributed by atoms with Crippen LogP contribution in [0.15, 0.2) is 24.3 Å². The van der Waals surface area contributed by atoms with E-state index in [0.29, 0.717) is 6.54 Å². The van der Waals surface area contributed by atoms with Gasteiger partial charge in [0.2, 0.25) is 0 Å². The van der Waals surface area contributed by atoms with Crippen molar-refractivity contribution in [3.8, 4) is 5.75 Å². The first-order valence-electron chi connectivity index (χ1n) is 6.78. The van der Waals surface area contributed by atoms with Crippen molar-refractivity contribution >= 4 is 0 Å². The zero-order valence-corrected chi connectivity index (χ0v) is 11.9. The average molecular weight is 267 g/mol. The van der Waals surface area contributed by atoms with Gasteiger partial charge in [-0.3, -0.25) is 0 Å². The highest BCUT2D eigenvalue weighted by atomic mass is 16.5. The fraction of sp³-hybridized carbons (Fsp3) is 0.600. The normalized spacial score (nSPS) is 12.7. The van der Waals surface area contributed by atoms with E-state index in [1.54, 1.807) is 7.11 Å². The quantitative estimate of drug-likeness (QED) is 0.670. The van der Waals surface area contributed by atoms with E-state index in [-0.39, 0.29) is 6.61 Å². The first kappa shape index (κ1) is 16.0. The maximum atomic E-state index is 10.2. The van der Waals surface area contributed by atoms with E-state index >= 15 is 0 Å². The van der Waals surface area contributed by atoms with E-state index in [0.717, 1.165) is 37.1 Å². The molecule has 1 rings (SSSR count). The molecule has 0 heterocycles. The van der Waals surface area contributed by atoms with Crippen LogP contribution in [-0.2, 0) is 0 Å². The molecule has 0 amide bonds. The van der Waals surface area contributed by atoms with E-state index in [1.165, 1.54) is 0 Å². The summed E-state index contributed by atoms with van der Waals surface area (Å²) in [6.07, 6.45) is 2.42. The minimum absolute atomic E-state index is 0.260. The van der Waals surface area contributed by atoms with Gasteiger partial charge in [-0.25, -0.2) is 0 Å². The van der Waals surface area contributed by atoms with Gasteiger partial charge in [-0.15, -0.1) is 0 Å². The summed E-state index contributed by atoms with van der Waals surface area (Å²) < 4.78 is 5.15. The smallest absolute Gasteiger partial charge is 0.119 e.